The molecule has 0 fully saturated rings. The summed E-state index contributed by atoms with van der Waals surface area (Å²) in [7, 11) is 0. The van der Waals surface area contributed by atoms with E-state index in [0.29, 0.717) is 11.0 Å². The molecule has 158 valence electrons. The fourth-order valence-corrected chi connectivity index (χ4v) is 4.49. The zero-order valence-electron chi connectivity index (χ0n) is 17.5. The summed E-state index contributed by atoms with van der Waals surface area (Å²) in [5.74, 6) is -0.896. The number of aryl methyl sites for hydroxylation is 2. The third-order valence-electron chi connectivity index (χ3n) is 5.92. The van der Waals surface area contributed by atoms with E-state index in [2.05, 4.69) is 19.9 Å². The monoisotopic (exact) mass is 410 g/mol. The van der Waals surface area contributed by atoms with Crippen LogP contribution in [0.25, 0.3) is 21.7 Å². The van der Waals surface area contributed by atoms with Gasteiger partial charge >= 0.3 is 11.9 Å². The molecule has 1 aliphatic rings. The Morgan fingerprint density at radius 1 is 1.07 bits per heavy atom. The van der Waals surface area contributed by atoms with Crippen molar-refractivity contribution in [2.24, 2.45) is 11.5 Å². The molecule has 0 bridgehead atoms. The van der Waals surface area contributed by atoms with Crippen LogP contribution < -0.4 is 20.9 Å². The Hall–Kier alpha value is -2.90. The minimum Gasteiger partial charge on any atom is -0.463 e. The highest BCUT2D eigenvalue weighted by Gasteiger charge is 2.32. The number of rotatable bonds is 4. The van der Waals surface area contributed by atoms with Gasteiger partial charge in [-0.15, -0.1) is 0 Å². The smallest absolute Gasteiger partial charge is 0.325 e. The van der Waals surface area contributed by atoms with Crippen molar-refractivity contribution in [3.05, 3.63) is 35.1 Å². The molecule has 0 unspecified atom stereocenters. The molecule has 0 radical (unpaired) electrons. The predicted octanol–water partition coefficient (Wildman–Crippen LogP) is 3.24. The molecule has 0 atom stereocenters. The summed E-state index contributed by atoms with van der Waals surface area (Å²) in [6.45, 7) is 5.64. The number of nitrogens with two attached hydrogens (primary N) is 2. The molecule has 0 saturated carbocycles. The van der Waals surface area contributed by atoms with E-state index in [1.807, 2.05) is 13.0 Å². The van der Waals surface area contributed by atoms with Crippen LogP contribution in [0.1, 0.15) is 43.4 Å². The zero-order valence-corrected chi connectivity index (χ0v) is 17.5. The average Bonchev–Trinajstić information content (AvgIpc) is 3.11. The molecule has 0 amide bonds. The van der Waals surface area contributed by atoms with Crippen LogP contribution in [0.3, 0.4) is 0 Å². The lowest BCUT2D eigenvalue weighted by Crippen LogP contribution is -2.25. The Morgan fingerprint density at radius 3 is 2.33 bits per heavy atom. The van der Waals surface area contributed by atoms with Gasteiger partial charge in [-0.2, -0.15) is 0 Å². The van der Waals surface area contributed by atoms with Crippen molar-refractivity contribution < 1.29 is 23.5 Å². The van der Waals surface area contributed by atoms with Crippen molar-refractivity contribution in [2.45, 2.75) is 45.4 Å². The average molecular weight is 410 g/mol. The highest BCUT2D eigenvalue weighted by atomic mass is 16.6. The fraction of sp³-hybridized carbons (Fsp3) is 0.391. The largest absolute Gasteiger partial charge is 0.463 e. The Kier molecular flexibility index (Phi) is 5.03. The highest BCUT2D eigenvalue weighted by Crippen LogP contribution is 2.50. The maximum atomic E-state index is 12.3. The Bertz CT molecular complexity index is 1180. The zero-order chi connectivity index (χ0) is 21.6. The maximum Gasteiger partial charge on any atom is 0.325 e. The molecule has 7 nitrogen and oxygen atoms in total. The van der Waals surface area contributed by atoms with E-state index in [-0.39, 0.29) is 30.0 Å². The molecule has 0 saturated heterocycles. The molecule has 1 heterocycles. The number of ether oxygens (including phenoxy) is 2. The molecule has 7 heteroatoms. The number of carbonyl (C=O) groups is 2. The second kappa shape index (κ2) is 7.41. The summed E-state index contributed by atoms with van der Waals surface area (Å²) in [6.07, 6.45) is 4.47. The summed E-state index contributed by atoms with van der Waals surface area (Å²) in [5, 5.41) is 2.12. The number of fused-ring (bicyclic) bond motifs is 5. The number of esters is 2. The molecule has 30 heavy (non-hydrogen) atoms. The van der Waals surface area contributed by atoms with Gasteiger partial charge in [-0.25, -0.2) is 0 Å². The van der Waals surface area contributed by atoms with Crippen LogP contribution in [-0.2, 0) is 21.4 Å². The Labute approximate surface area is 174 Å². The van der Waals surface area contributed by atoms with E-state index in [1.165, 1.54) is 5.56 Å². The van der Waals surface area contributed by atoms with Gasteiger partial charge in [0, 0.05) is 10.8 Å². The van der Waals surface area contributed by atoms with Crippen molar-refractivity contribution in [3.8, 4) is 11.5 Å². The fourth-order valence-electron chi connectivity index (χ4n) is 4.49. The summed E-state index contributed by atoms with van der Waals surface area (Å²) < 4.78 is 17.2. The Balaban J connectivity index is 2.17. The molecule has 0 aliphatic heterocycles. The third kappa shape index (κ3) is 3.14. The summed E-state index contributed by atoms with van der Waals surface area (Å²) in [5.41, 5.74) is 14.6. The van der Waals surface area contributed by atoms with Crippen LogP contribution >= 0.6 is 0 Å². The van der Waals surface area contributed by atoms with Gasteiger partial charge in [-0.3, -0.25) is 9.59 Å². The first kappa shape index (κ1) is 20.4. The van der Waals surface area contributed by atoms with Crippen LogP contribution in [0, 0.1) is 6.92 Å². The molecular weight excluding hydrogens is 384 g/mol. The van der Waals surface area contributed by atoms with Crippen LogP contribution in [-0.4, -0.2) is 25.0 Å². The van der Waals surface area contributed by atoms with Gasteiger partial charge in [-0.1, -0.05) is 26.0 Å². The molecule has 4 rings (SSSR count). The topological polar surface area (TPSA) is 118 Å². The van der Waals surface area contributed by atoms with Crippen molar-refractivity contribution in [1.82, 2.24) is 0 Å². The number of hydrogen-bond donors (Lipinski definition) is 2. The van der Waals surface area contributed by atoms with E-state index >= 15 is 0 Å². The SMILES string of the molecule is Cc1coc2c1c(OC(=O)CN)c(OC(=O)CN)c1c3c(ccc12)C(C)(C)CCC3. The van der Waals surface area contributed by atoms with Crippen molar-refractivity contribution in [3.63, 3.8) is 0 Å². The van der Waals surface area contributed by atoms with Crippen molar-refractivity contribution in [1.29, 1.82) is 0 Å². The molecule has 1 aromatic heterocycles. The number of hydrogen-bond acceptors (Lipinski definition) is 7. The van der Waals surface area contributed by atoms with Gasteiger partial charge in [0.2, 0.25) is 0 Å². The first-order chi connectivity index (χ1) is 14.3. The standard InChI is InChI=1S/C23H26N2O5/c1-12-11-28-20-14-6-7-15-13(5-4-8-23(15,2)3)19(14)22(30-17(27)10-25)21(18(12)20)29-16(26)9-24/h6-7,11H,4-5,8-10,24-25H2,1-3H3. The van der Waals surface area contributed by atoms with Crippen LogP contribution in [0.15, 0.2) is 22.8 Å². The Morgan fingerprint density at radius 2 is 1.70 bits per heavy atom. The maximum absolute atomic E-state index is 12.3. The van der Waals surface area contributed by atoms with E-state index < -0.39 is 11.9 Å². The van der Waals surface area contributed by atoms with Gasteiger partial charge in [0.1, 0.15) is 5.58 Å². The van der Waals surface area contributed by atoms with Gasteiger partial charge in [0.15, 0.2) is 11.5 Å². The normalized spacial score (nSPS) is 15.2. The molecule has 3 aromatic rings. The lowest BCUT2D eigenvalue weighted by Gasteiger charge is -2.33. The van der Waals surface area contributed by atoms with Crippen LogP contribution in [0.4, 0.5) is 0 Å². The minimum atomic E-state index is -0.633. The summed E-state index contributed by atoms with van der Waals surface area (Å²) in [6, 6.07) is 4.11. The molecule has 1 aliphatic carbocycles. The molecule has 0 spiro atoms. The quantitative estimate of drug-likeness (QED) is 0.501. The lowest BCUT2D eigenvalue weighted by atomic mass is 9.71. The van der Waals surface area contributed by atoms with Crippen molar-refractivity contribution >= 4 is 33.7 Å². The lowest BCUT2D eigenvalue weighted by molar-refractivity contribution is -0.135. The molecular formula is C23H26N2O5. The van der Waals surface area contributed by atoms with Crippen LogP contribution in [0.5, 0.6) is 11.5 Å². The number of benzene rings is 2. The second-order valence-corrected chi connectivity index (χ2v) is 8.39. The molecule has 4 N–H and O–H groups in total. The number of carbonyl (C=O) groups excluding carboxylic acids is 2. The highest BCUT2D eigenvalue weighted by molar-refractivity contribution is 6.14. The number of furan rings is 1. The van der Waals surface area contributed by atoms with Gasteiger partial charge in [-0.05, 0) is 48.3 Å². The predicted molar refractivity (Wildman–Crippen MR) is 114 cm³/mol. The second-order valence-electron chi connectivity index (χ2n) is 8.39. The summed E-state index contributed by atoms with van der Waals surface area (Å²) in [4.78, 5) is 24.4. The van der Waals surface area contributed by atoms with E-state index in [9.17, 15) is 9.59 Å². The van der Waals surface area contributed by atoms with Gasteiger partial charge in [0.05, 0.1) is 24.7 Å². The summed E-state index contributed by atoms with van der Waals surface area (Å²) >= 11 is 0. The minimum absolute atomic E-state index is 0.0287. The van der Waals surface area contributed by atoms with E-state index in [0.717, 1.165) is 41.2 Å². The van der Waals surface area contributed by atoms with Gasteiger partial charge in [0.25, 0.3) is 0 Å². The first-order valence-corrected chi connectivity index (χ1v) is 10.1. The van der Waals surface area contributed by atoms with Crippen molar-refractivity contribution in [2.75, 3.05) is 13.1 Å². The van der Waals surface area contributed by atoms with Gasteiger partial charge < -0.3 is 25.4 Å². The van der Waals surface area contributed by atoms with Crippen LogP contribution in [0.2, 0.25) is 0 Å². The molecule has 2 aromatic carbocycles. The third-order valence-corrected chi connectivity index (χ3v) is 5.92. The van der Waals surface area contributed by atoms with E-state index in [4.69, 9.17) is 25.4 Å². The van der Waals surface area contributed by atoms with E-state index in [1.54, 1.807) is 6.26 Å². The first-order valence-electron chi connectivity index (χ1n) is 10.1.